The third-order valence-electron chi connectivity index (χ3n) is 2.64. The minimum atomic E-state index is -4.87. The fourth-order valence-electron chi connectivity index (χ4n) is 1.76. The standard InChI is InChI=1S/C12H10F4N2O/c13-9-1-2-10-8(4-6-18(10)7-9)3-5-17-11(19)12(14,15)16/h1-2,4,6-7H,3,5H2,(H,17,19). The van der Waals surface area contributed by atoms with Crippen molar-refractivity contribution in [3.8, 4) is 0 Å². The summed E-state index contributed by atoms with van der Waals surface area (Å²) in [5.74, 6) is -2.36. The summed E-state index contributed by atoms with van der Waals surface area (Å²) in [5.41, 5.74) is 1.44. The van der Waals surface area contributed by atoms with Crippen LogP contribution in [0.4, 0.5) is 17.6 Å². The van der Waals surface area contributed by atoms with Gasteiger partial charge in [0.25, 0.3) is 0 Å². The van der Waals surface area contributed by atoms with E-state index in [1.165, 1.54) is 22.7 Å². The molecular weight excluding hydrogens is 264 g/mol. The van der Waals surface area contributed by atoms with Crippen LogP contribution in [0.15, 0.2) is 30.6 Å². The van der Waals surface area contributed by atoms with Gasteiger partial charge in [-0.05, 0) is 30.2 Å². The van der Waals surface area contributed by atoms with Crippen molar-refractivity contribution in [2.24, 2.45) is 0 Å². The molecule has 0 spiro atoms. The van der Waals surface area contributed by atoms with Crippen molar-refractivity contribution < 1.29 is 22.4 Å². The molecule has 2 aromatic rings. The molecule has 0 aliphatic carbocycles. The molecule has 0 saturated heterocycles. The van der Waals surface area contributed by atoms with E-state index in [4.69, 9.17) is 0 Å². The smallest absolute Gasteiger partial charge is 0.348 e. The Hall–Kier alpha value is -2.05. The van der Waals surface area contributed by atoms with Gasteiger partial charge in [-0.15, -0.1) is 0 Å². The van der Waals surface area contributed by atoms with Gasteiger partial charge in [0.05, 0.1) is 0 Å². The van der Waals surface area contributed by atoms with Gasteiger partial charge in [-0.25, -0.2) is 4.39 Å². The minimum absolute atomic E-state index is 0.130. The molecule has 19 heavy (non-hydrogen) atoms. The molecule has 0 aliphatic heterocycles. The van der Waals surface area contributed by atoms with Gasteiger partial charge in [-0.1, -0.05) is 0 Å². The van der Waals surface area contributed by atoms with Crippen molar-refractivity contribution in [2.45, 2.75) is 12.6 Å². The Morgan fingerprint density at radius 1 is 1.26 bits per heavy atom. The number of aromatic nitrogens is 1. The summed E-state index contributed by atoms with van der Waals surface area (Å²) in [7, 11) is 0. The third-order valence-corrected chi connectivity index (χ3v) is 2.64. The van der Waals surface area contributed by atoms with Crippen molar-refractivity contribution in [2.75, 3.05) is 6.54 Å². The fraction of sp³-hybridized carbons (Fsp3) is 0.250. The Bertz CT molecular complexity index is 603. The summed E-state index contributed by atoms with van der Waals surface area (Å²) in [6.45, 7) is -0.130. The van der Waals surface area contributed by atoms with Crippen LogP contribution in [0.25, 0.3) is 5.52 Å². The summed E-state index contributed by atoms with van der Waals surface area (Å²) >= 11 is 0. The lowest BCUT2D eigenvalue weighted by atomic mass is 10.2. The first-order valence-electron chi connectivity index (χ1n) is 5.48. The highest BCUT2D eigenvalue weighted by Crippen LogP contribution is 2.16. The quantitative estimate of drug-likeness (QED) is 0.856. The second kappa shape index (κ2) is 4.91. The monoisotopic (exact) mass is 274 g/mol. The SMILES string of the molecule is O=C(NCCc1ccn2cc(F)ccc12)C(F)(F)F. The number of nitrogens with zero attached hydrogens (tertiary/aromatic N) is 1. The Kier molecular flexibility index (Phi) is 3.46. The van der Waals surface area contributed by atoms with Crippen LogP contribution in [0, 0.1) is 5.82 Å². The number of nitrogens with one attached hydrogen (secondary N) is 1. The summed E-state index contributed by atoms with van der Waals surface area (Å²) in [6, 6.07) is 4.48. The number of hydrogen-bond donors (Lipinski definition) is 1. The van der Waals surface area contributed by atoms with Gasteiger partial charge in [-0.2, -0.15) is 13.2 Å². The predicted molar refractivity (Wildman–Crippen MR) is 60.1 cm³/mol. The van der Waals surface area contributed by atoms with E-state index in [1.54, 1.807) is 17.6 Å². The van der Waals surface area contributed by atoms with Crippen LogP contribution in [0.1, 0.15) is 5.56 Å². The van der Waals surface area contributed by atoms with Crippen molar-refractivity contribution in [1.82, 2.24) is 9.72 Å². The van der Waals surface area contributed by atoms with E-state index in [-0.39, 0.29) is 13.0 Å². The molecule has 0 fully saturated rings. The second-order valence-electron chi connectivity index (χ2n) is 3.98. The first-order chi connectivity index (χ1) is 8.88. The number of fused-ring (bicyclic) bond motifs is 1. The van der Waals surface area contributed by atoms with Crippen LogP contribution >= 0.6 is 0 Å². The summed E-state index contributed by atoms with van der Waals surface area (Å²) in [4.78, 5) is 10.6. The summed E-state index contributed by atoms with van der Waals surface area (Å²) < 4.78 is 50.3. The van der Waals surface area contributed by atoms with E-state index in [1.807, 2.05) is 0 Å². The van der Waals surface area contributed by atoms with Crippen LogP contribution in [0.5, 0.6) is 0 Å². The van der Waals surface area contributed by atoms with Crippen LogP contribution in [-0.2, 0) is 11.2 Å². The van der Waals surface area contributed by atoms with Crippen LogP contribution < -0.4 is 5.32 Å². The van der Waals surface area contributed by atoms with Crippen molar-refractivity contribution in [1.29, 1.82) is 0 Å². The summed E-state index contributed by atoms with van der Waals surface area (Å²) in [6.07, 6.45) is -1.75. The lowest BCUT2D eigenvalue weighted by molar-refractivity contribution is -0.173. The number of carbonyl (C=O) groups excluding carboxylic acids is 1. The minimum Gasteiger partial charge on any atom is -0.348 e. The van der Waals surface area contributed by atoms with E-state index in [0.717, 1.165) is 5.56 Å². The van der Waals surface area contributed by atoms with Crippen LogP contribution in [0.3, 0.4) is 0 Å². The van der Waals surface area contributed by atoms with Gasteiger partial charge in [0, 0.05) is 24.5 Å². The maximum Gasteiger partial charge on any atom is 0.471 e. The Morgan fingerprint density at radius 2 is 2.00 bits per heavy atom. The molecule has 2 aromatic heterocycles. The predicted octanol–water partition coefficient (Wildman–Crippen LogP) is 2.30. The van der Waals surface area contributed by atoms with Crippen molar-refractivity contribution in [3.63, 3.8) is 0 Å². The highest BCUT2D eigenvalue weighted by molar-refractivity contribution is 5.81. The molecule has 7 heteroatoms. The van der Waals surface area contributed by atoms with E-state index in [2.05, 4.69) is 0 Å². The third kappa shape index (κ3) is 3.04. The van der Waals surface area contributed by atoms with E-state index >= 15 is 0 Å². The molecule has 0 aliphatic rings. The average molecular weight is 274 g/mol. The Labute approximate surface area is 105 Å². The van der Waals surface area contributed by atoms with Gasteiger partial charge in [-0.3, -0.25) is 4.79 Å². The Balaban J connectivity index is 2.01. The molecule has 0 atom stereocenters. The molecule has 0 aromatic carbocycles. The zero-order chi connectivity index (χ0) is 14.0. The Morgan fingerprint density at radius 3 is 2.68 bits per heavy atom. The van der Waals surface area contributed by atoms with Crippen LogP contribution in [-0.4, -0.2) is 23.0 Å². The topological polar surface area (TPSA) is 33.5 Å². The number of halogens is 4. The van der Waals surface area contributed by atoms with Crippen LogP contribution in [0.2, 0.25) is 0 Å². The highest BCUT2D eigenvalue weighted by Gasteiger charge is 2.38. The number of hydrogen-bond acceptors (Lipinski definition) is 1. The average Bonchev–Trinajstić information content (AvgIpc) is 2.70. The molecule has 1 N–H and O–H groups in total. The highest BCUT2D eigenvalue weighted by atomic mass is 19.4. The van der Waals surface area contributed by atoms with E-state index in [9.17, 15) is 22.4 Å². The summed E-state index contributed by atoms with van der Waals surface area (Å²) in [5, 5.41) is 1.79. The molecule has 0 unspecified atom stereocenters. The first kappa shape index (κ1) is 13.4. The molecule has 0 saturated carbocycles. The lowest BCUT2D eigenvalue weighted by Crippen LogP contribution is -2.37. The normalized spacial score (nSPS) is 11.8. The van der Waals surface area contributed by atoms with Gasteiger partial charge < -0.3 is 9.72 Å². The number of alkyl halides is 3. The van der Waals surface area contributed by atoms with Gasteiger partial charge >= 0.3 is 12.1 Å². The van der Waals surface area contributed by atoms with Gasteiger partial charge in [0.15, 0.2) is 0 Å². The second-order valence-corrected chi connectivity index (χ2v) is 3.98. The van der Waals surface area contributed by atoms with Gasteiger partial charge in [0.2, 0.25) is 0 Å². The molecular formula is C12H10F4N2O. The van der Waals surface area contributed by atoms with E-state index in [0.29, 0.717) is 5.52 Å². The molecule has 2 heterocycles. The van der Waals surface area contributed by atoms with Crippen molar-refractivity contribution >= 4 is 11.4 Å². The molecule has 1 amide bonds. The molecule has 0 bridgehead atoms. The van der Waals surface area contributed by atoms with Gasteiger partial charge in [0.1, 0.15) is 5.82 Å². The molecule has 102 valence electrons. The lowest BCUT2D eigenvalue weighted by Gasteiger charge is -2.07. The number of carbonyl (C=O) groups is 1. The first-order valence-corrected chi connectivity index (χ1v) is 5.48. The zero-order valence-corrected chi connectivity index (χ0v) is 9.67. The largest absolute Gasteiger partial charge is 0.471 e. The number of rotatable bonds is 3. The maximum atomic E-state index is 12.9. The maximum absolute atomic E-state index is 12.9. The number of amides is 1. The van der Waals surface area contributed by atoms with E-state index < -0.39 is 17.9 Å². The van der Waals surface area contributed by atoms with Crippen molar-refractivity contribution in [3.05, 3.63) is 42.0 Å². The molecule has 0 radical (unpaired) electrons. The zero-order valence-electron chi connectivity index (χ0n) is 9.67. The fourth-order valence-corrected chi connectivity index (χ4v) is 1.76. The number of pyridine rings is 1. The molecule has 2 rings (SSSR count). The molecule has 3 nitrogen and oxygen atoms in total.